The fourth-order valence-electron chi connectivity index (χ4n) is 8.93. The van der Waals surface area contributed by atoms with Gasteiger partial charge in [0.15, 0.2) is 0 Å². The molecule has 0 bridgehead atoms. The van der Waals surface area contributed by atoms with Gasteiger partial charge < -0.3 is 41.2 Å². The monoisotopic (exact) mass is 1050 g/mol. The number of piperidine rings is 2. The Morgan fingerprint density at radius 1 is 0.649 bits per heavy atom. The van der Waals surface area contributed by atoms with Crippen molar-refractivity contribution < 1.29 is 63.3 Å². The predicted molar refractivity (Wildman–Crippen MR) is 267 cm³/mol. The van der Waals surface area contributed by atoms with Gasteiger partial charge in [-0.15, -0.1) is 0 Å². The van der Waals surface area contributed by atoms with Crippen LogP contribution in [0.5, 0.6) is 0 Å². The fourth-order valence-corrected chi connectivity index (χ4v) is 8.93. The van der Waals surface area contributed by atoms with Crippen molar-refractivity contribution in [3.63, 3.8) is 0 Å². The zero-order valence-electron chi connectivity index (χ0n) is 41.1. The number of ether oxygens (including phenoxy) is 3. The van der Waals surface area contributed by atoms with Gasteiger partial charge in [0, 0.05) is 25.2 Å². The lowest BCUT2D eigenvalue weighted by Crippen LogP contribution is -2.59. The van der Waals surface area contributed by atoms with Crippen LogP contribution in [0.3, 0.4) is 0 Å². The van der Waals surface area contributed by atoms with Crippen LogP contribution in [0.1, 0.15) is 145 Å². The number of halogens is 9. The molecule has 0 aromatic heterocycles. The van der Waals surface area contributed by atoms with E-state index in [9.17, 15) is 49.1 Å². The summed E-state index contributed by atoms with van der Waals surface area (Å²) in [4.78, 5) is 25.4. The summed E-state index contributed by atoms with van der Waals surface area (Å²) in [6.07, 6.45) is -12.7. The van der Waals surface area contributed by atoms with Gasteiger partial charge in [0.05, 0.1) is 53.2 Å². The summed E-state index contributed by atoms with van der Waals surface area (Å²) in [6, 6.07) is 24.5. The highest BCUT2D eigenvalue weighted by molar-refractivity contribution is 5.93. The van der Waals surface area contributed by atoms with E-state index in [1.54, 1.807) is 40.7 Å². The zero-order valence-corrected chi connectivity index (χ0v) is 41.1. The van der Waals surface area contributed by atoms with Crippen molar-refractivity contribution in [3.8, 4) is 0 Å². The van der Waals surface area contributed by atoms with E-state index in [-0.39, 0.29) is 57.7 Å². The van der Waals surface area contributed by atoms with Crippen LogP contribution in [-0.2, 0) is 48.6 Å². The number of nitrogens with two attached hydrogens (primary N) is 1. The third-order valence-electron chi connectivity index (χ3n) is 13.3. The van der Waals surface area contributed by atoms with Crippen molar-refractivity contribution in [3.05, 3.63) is 142 Å². The zero-order chi connectivity index (χ0) is 52.9. The molecule has 0 spiro atoms. The maximum Gasteiger partial charge on any atom is 0.416 e. The Morgan fingerprint density at radius 2 is 1.08 bits per heavy atom. The number of carbonyl (C=O) groups is 2. The van der Waals surface area contributed by atoms with Crippen molar-refractivity contribution in [2.45, 2.75) is 160 Å². The molecule has 7 rings (SSSR count). The number of benzene rings is 4. The number of nitrogens with one attached hydrogen (secondary N) is 4. The normalized spacial score (nSPS) is 22.5. The number of rotatable bonds is 13. The Hall–Kier alpha value is -5.21. The molecule has 2 aliphatic heterocycles. The lowest BCUT2D eigenvalue weighted by atomic mass is 9.81. The van der Waals surface area contributed by atoms with Crippen molar-refractivity contribution in [2.75, 3.05) is 26.3 Å². The summed E-state index contributed by atoms with van der Waals surface area (Å²) >= 11 is 0. The first kappa shape index (κ1) is 61.3. The van der Waals surface area contributed by atoms with E-state index in [1.165, 1.54) is 6.92 Å². The Kier molecular flexibility index (Phi) is 20.1. The Morgan fingerprint density at radius 3 is 1.47 bits per heavy atom. The van der Waals surface area contributed by atoms with Crippen LogP contribution in [0.2, 0.25) is 0 Å². The summed E-state index contributed by atoms with van der Waals surface area (Å²) in [5, 5.41) is 12.8. The molecule has 10 nitrogen and oxygen atoms in total. The summed E-state index contributed by atoms with van der Waals surface area (Å²) in [6.45, 7) is 11.4. The minimum Gasteiger partial charge on any atom is -0.444 e. The topological polar surface area (TPSA) is 136 Å². The van der Waals surface area contributed by atoms with E-state index in [0.717, 1.165) is 23.3 Å². The molecule has 4 aromatic rings. The van der Waals surface area contributed by atoms with E-state index in [2.05, 4.69) is 21.3 Å². The molecule has 2 amide bonds. The molecule has 2 heterocycles. The van der Waals surface area contributed by atoms with Crippen molar-refractivity contribution in [1.82, 2.24) is 21.3 Å². The van der Waals surface area contributed by atoms with Crippen LogP contribution in [0.15, 0.2) is 97.1 Å². The molecule has 74 heavy (non-hydrogen) atoms. The van der Waals surface area contributed by atoms with Crippen LogP contribution < -0.4 is 27.0 Å². The number of aryl methyl sites for hydroxylation is 1. The van der Waals surface area contributed by atoms with Gasteiger partial charge in [0.2, 0.25) is 5.91 Å². The average Bonchev–Trinajstić information content (AvgIpc) is 4.10. The Labute approximate surface area is 429 Å². The Bertz CT molecular complexity index is 2410. The quantitative estimate of drug-likeness (QED) is 0.0836. The van der Waals surface area contributed by atoms with E-state index in [0.29, 0.717) is 74.9 Å². The van der Waals surface area contributed by atoms with Gasteiger partial charge in [-0.3, -0.25) is 4.79 Å². The summed E-state index contributed by atoms with van der Waals surface area (Å²) in [5.41, 5.74) is 2.49. The minimum atomic E-state index is -4.90. The van der Waals surface area contributed by atoms with Crippen LogP contribution >= 0.6 is 0 Å². The molecule has 6 N–H and O–H groups in total. The molecule has 2 saturated heterocycles. The van der Waals surface area contributed by atoms with E-state index >= 15 is 0 Å². The van der Waals surface area contributed by atoms with Gasteiger partial charge >= 0.3 is 24.6 Å². The first-order valence-electron chi connectivity index (χ1n) is 23.9. The molecule has 4 aromatic carbocycles. The lowest BCUT2D eigenvalue weighted by molar-refractivity contribution is -0.143. The van der Waals surface area contributed by atoms with Crippen LogP contribution in [0.4, 0.5) is 44.3 Å². The van der Waals surface area contributed by atoms with Crippen LogP contribution in [0.25, 0.3) is 0 Å². The van der Waals surface area contributed by atoms with Crippen molar-refractivity contribution in [1.29, 1.82) is 0 Å². The molecule has 0 unspecified atom stereocenters. The highest BCUT2D eigenvalue weighted by Gasteiger charge is 2.53. The largest absolute Gasteiger partial charge is 0.444 e. The number of alkyl halides is 9. The Balaban J connectivity index is 0.000000324. The maximum absolute atomic E-state index is 13.4. The number of alkyl carbamates (subject to hydrolysis) is 1. The third kappa shape index (κ3) is 16.2. The second-order valence-electron chi connectivity index (χ2n) is 20.3. The van der Waals surface area contributed by atoms with Crippen molar-refractivity contribution in [2.24, 2.45) is 5.73 Å². The lowest BCUT2D eigenvalue weighted by Gasteiger charge is -2.42. The molecule has 3 aliphatic rings. The van der Waals surface area contributed by atoms with Gasteiger partial charge in [0.1, 0.15) is 11.1 Å². The SMILES string of the molecule is C.C.C[C@@H](OC[C@@]1(c2ccccc2)CC[C@H](N)CN1)c1cc(C(F)(F)F)cc(C(F)(F)F)c1.Cc1cc([C@@H](C)OC[C@@]2(c3ccccc3)CC[C@H](NC(=O)C3(NC(=O)OC(C)(C)C)CC3)CN2)cc(C(F)(F)F)c1. The van der Waals surface area contributed by atoms with E-state index in [4.69, 9.17) is 19.9 Å². The molecule has 19 heteroatoms. The van der Waals surface area contributed by atoms with Crippen LogP contribution in [-0.4, -0.2) is 61.5 Å². The predicted octanol–water partition coefficient (Wildman–Crippen LogP) is 12.6. The molecular weight excluding hydrogens is 982 g/mol. The first-order valence-corrected chi connectivity index (χ1v) is 23.9. The third-order valence-corrected chi connectivity index (χ3v) is 13.3. The molecule has 6 atom stereocenters. The smallest absolute Gasteiger partial charge is 0.416 e. The van der Waals surface area contributed by atoms with Gasteiger partial charge in [0.25, 0.3) is 0 Å². The second-order valence-corrected chi connectivity index (χ2v) is 20.3. The van der Waals surface area contributed by atoms with E-state index in [1.807, 2.05) is 60.7 Å². The first-order chi connectivity index (χ1) is 33.5. The summed E-state index contributed by atoms with van der Waals surface area (Å²) in [5.74, 6) is -0.229. The number of amides is 2. The maximum atomic E-state index is 13.4. The fraction of sp³-hybridized carbons (Fsp3) is 0.527. The van der Waals surface area contributed by atoms with Gasteiger partial charge in [-0.05, 0) is 133 Å². The number of hydrogen-bond donors (Lipinski definition) is 5. The molecule has 0 radical (unpaired) electrons. The standard InChI is InChI=1S/C31H40F3N3O4.C22H24F6N2O.2CH4/c1-20-15-22(17-24(16-20)31(32,33)34)21(2)40-19-30(23-9-7-6-8-10-23)12-11-25(18-35-30)36-26(38)29(13-14-29)37-27(39)41-28(3,4)5;1-14(15-9-17(21(23,24)25)11-18(10-15)22(26,27)28)31-13-20(8-7-19(29)12-30-20)16-5-3-2-4-6-16;;/h6-10,15-17,21,25,35H,11-14,18-19H2,1-5H3,(H,36,38)(H,37,39);2-6,9-11,14,19,30H,7-8,12-13,29H2,1H3;2*1H4/t21-,25+,30-;14-,19+,20-;;/m11../s1. The number of carbonyl (C=O) groups excluding carboxylic acids is 2. The molecule has 3 fully saturated rings. The molecule has 410 valence electrons. The summed E-state index contributed by atoms with van der Waals surface area (Å²) < 4.78 is 137. The highest BCUT2D eigenvalue weighted by Crippen LogP contribution is 2.41. The molecular formula is C55H72F9N5O5. The van der Waals surface area contributed by atoms with Crippen LogP contribution in [0, 0.1) is 6.92 Å². The molecule has 1 saturated carbocycles. The molecule has 1 aliphatic carbocycles. The average molecular weight is 1050 g/mol. The van der Waals surface area contributed by atoms with E-state index < -0.39 is 75.7 Å². The minimum absolute atomic E-state index is 0. The van der Waals surface area contributed by atoms with Gasteiger partial charge in [-0.25, -0.2) is 4.79 Å². The van der Waals surface area contributed by atoms with Gasteiger partial charge in [-0.1, -0.05) is 87.1 Å². The second kappa shape index (κ2) is 24.2. The van der Waals surface area contributed by atoms with Gasteiger partial charge in [-0.2, -0.15) is 39.5 Å². The number of hydrogen-bond acceptors (Lipinski definition) is 8. The summed E-state index contributed by atoms with van der Waals surface area (Å²) in [7, 11) is 0. The van der Waals surface area contributed by atoms with Crippen molar-refractivity contribution >= 4 is 12.0 Å². The highest BCUT2D eigenvalue weighted by atomic mass is 19.4.